The first-order valence-electron chi connectivity index (χ1n) is 9.19. The average Bonchev–Trinajstić information content (AvgIpc) is 3.04. The van der Waals surface area contributed by atoms with Crippen molar-refractivity contribution in [2.24, 2.45) is 0 Å². The summed E-state index contributed by atoms with van der Waals surface area (Å²) in [5.41, 5.74) is 3.23. The van der Waals surface area contributed by atoms with Gasteiger partial charge in [-0.15, -0.1) is 0 Å². The maximum absolute atomic E-state index is 13.9. The summed E-state index contributed by atoms with van der Waals surface area (Å²) in [5.74, 6) is -1.17. The Morgan fingerprint density at radius 2 is 1.79 bits per heavy atom. The van der Waals surface area contributed by atoms with Gasteiger partial charge in [0, 0.05) is 31.5 Å². The van der Waals surface area contributed by atoms with Gasteiger partial charge >= 0.3 is 6.03 Å². The van der Waals surface area contributed by atoms with E-state index in [9.17, 15) is 18.4 Å². The highest BCUT2D eigenvalue weighted by molar-refractivity contribution is 5.95. The van der Waals surface area contributed by atoms with E-state index in [1.165, 1.54) is 48.5 Å². The van der Waals surface area contributed by atoms with E-state index >= 15 is 0 Å². The van der Waals surface area contributed by atoms with Crippen molar-refractivity contribution in [1.29, 1.82) is 0 Å². The van der Waals surface area contributed by atoms with Crippen LogP contribution < -0.4 is 20.5 Å². The third-order valence-corrected chi connectivity index (χ3v) is 5.26. The predicted octanol–water partition coefficient (Wildman–Crippen LogP) is 2.64. The summed E-state index contributed by atoms with van der Waals surface area (Å²) >= 11 is 0. The second-order valence-electron chi connectivity index (χ2n) is 7.08. The number of methoxy groups -OCH3 is 1. The Morgan fingerprint density at radius 1 is 1.10 bits per heavy atom. The number of hydrogen-bond donors (Lipinski definition) is 2. The lowest BCUT2D eigenvalue weighted by Gasteiger charge is -2.38. The minimum Gasteiger partial charge on any atom is -0.494 e. The number of benzene rings is 2. The molecule has 7 nitrogen and oxygen atoms in total. The van der Waals surface area contributed by atoms with Crippen LogP contribution in [0.4, 0.5) is 19.3 Å². The Kier molecular flexibility index (Phi) is 4.83. The number of urea groups is 1. The number of amides is 3. The van der Waals surface area contributed by atoms with Crippen LogP contribution in [0.25, 0.3) is 0 Å². The molecule has 1 spiro atoms. The van der Waals surface area contributed by atoms with E-state index in [1.807, 2.05) is 0 Å². The van der Waals surface area contributed by atoms with Gasteiger partial charge in [0.05, 0.1) is 12.8 Å². The fraction of sp³-hybridized carbons (Fsp3) is 0.300. The number of likely N-dealkylation sites (tertiary alicyclic amines) is 1. The molecule has 0 aliphatic carbocycles. The number of hydrazine groups is 1. The summed E-state index contributed by atoms with van der Waals surface area (Å²) in [6.07, 6.45) is 0.946. The molecule has 9 heteroatoms. The predicted molar refractivity (Wildman–Crippen MR) is 101 cm³/mol. The lowest BCUT2D eigenvalue weighted by molar-refractivity contribution is 0.0640. The van der Waals surface area contributed by atoms with Gasteiger partial charge < -0.3 is 15.0 Å². The molecule has 2 aromatic rings. The van der Waals surface area contributed by atoms with Crippen molar-refractivity contribution in [3.63, 3.8) is 0 Å². The number of ether oxygens (including phenoxy) is 1. The third-order valence-electron chi connectivity index (χ3n) is 5.26. The number of nitrogens with one attached hydrogen (secondary N) is 2. The van der Waals surface area contributed by atoms with Crippen LogP contribution in [0.3, 0.4) is 0 Å². The van der Waals surface area contributed by atoms with Gasteiger partial charge in [0.15, 0.2) is 11.6 Å². The van der Waals surface area contributed by atoms with Crippen molar-refractivity contribution in [1.82, 2.24) is 15.6 Å². The Hall–Kier alpha value is -3.20. The van der Waals surface area contributed by atoms with E-state index in [0.717, 1.165) is 6.07 Å². The number of hydrogen-bond acceptors (Lipinski definition) is 4. The van der Waals surface area contributed by atoms with Gasteiger partial charge in [-0.25, -0.2) is 24.0 Å². The largest absolute Gasteiger partial charge is 0.494 e. The van der Waals surface area contributed by atoms with E-state index in [0.29, 0.717) is 31.6 Å². The van der Waals surface area contributed by atoms with E-state index in [4.69, 9.17) is 4.74 Å². The number of rotatable bonds is 3. The summed E-state index contributed by atoms with van der Waals surface area (Å²) in [6, 6.07) is 9.37. The molecule has 2 aliphatic heterocycles. The summed E-state index contributed by atoms with van der Waals surface area (Å²) in [6.45, 7) is 0.772. The van der Waals surface area contributed by atoms with Gasteiger partial charge in [0.1, 0.15) is 11.5 Å². The molecule has 0 aromatic heterocycles. The first-order chi connectivity index (χ1) is 13.9. The van der Waals surface area contributed by atoms with Crippen molar-refractivity contribution >= 4 is 17.6 Å². The van der Waals surface area contributed by atoms with E-state index in [1.54, 1.807) is 4.90 Å². The van der Waals surface area contributed by atoms with Crippen LogP contribution in [0.5, 0.6) is 5.75 Å². The molecule has 3 amide bonds. The second kappa shape index (κ2) is 7.32. The van der Waals surface area contributed by atoms with Crippen LogP contribution in [0.15, 0.2) is 42.5 Å². The molecule has 0 bridgehead atoms. The minimum atomic E-state index is -0.687. The van der Waals surface area contributed by atoms with Gasteiger partial charge in [-0.05, 0) is 42.5 Å². The van der Waals surface area contributed by atoms with Gasteiger partial charge in [0.2, 0.25) is 0 Å². The van der Waals surface area contributed by atoms with Crippen molar-refractivity contribution < 1.29 is 23.1 Å². The van der Waals surface area contributed by atoms with E-state index in [-0.39, 0.29) is 29.1 Å². The second-order valence-corrected chi connectivity index (χ2v) is 7.08. The number of carbonyl (C=O) groups excluding carboxylic acids is 2. The molecule has 0 unspecified atom stereocenters. The fourth-order valence-corrected chi connectivity index (χ4v) is 3.64. The number of carbonyl (C=O) groups is 2. The van der Waals surface area contributed by atoms with Crippen LogP contribution >= 0.6 is 0 Å². The Morgan fingerprint density at radius 3 is 2.41 bits per heavy atom. The molecular weight excluding hydrogens is 382 g/mol. The highest BCUT2D eigenvalue weighted by Gasteiger charge is 2.45. The van der Waals surface area contributed by atoms with Crippen LogP contribution in [-0.4, -0.2) is 42.7 Å². The van der Waals surface area contributed by atoms with Gasteiger partial charge in [-0.3, -0.25) is 4.79 Å². The molecule has 2 aliphatic rings. The van der Waals surface area contributed by atoms with Crippen molar-refractivity contribution in [3.8, 4) is 5.75 Å². The normalized spacial score (nSPS) is 18.1. The van der Waals surface area contributed by atoms with Crippen molar-refractivity contribution in [3.05, 3.63) is 59.7 Å². The molecular formula is C20H20F2N4O3. The molecule has 2 fully saturated rings. The highest BCUT2D eigenvalue weighted by Crippen LogP contribution is 2.28. The van der Waals surface area contributed by atoms with Crippen LogP contribution in [0.2, 0.25) is 0 Å². The lowest BCUT2D eigenvalue weighted by Crippen LogP contribution is -2.58. The zero-order valence-corrected chi connectivity index (χ0v) is 15.7. The zero-order chi connectivity index (χ0) is 20.6. The molecule has 2 saturated heterocycles. The van der Waals surface area contributed by atoms with E-state index < -0.39 is 11.5 Å². The maximum Gasteiger partial charge on any atom is 0.338 e. The molecule has 152 valence electrons. The smallest absolute Gasteiger partial charge is 0.338 e. The Labute approximate surface area is 166 Å². The molecule has 0 atom stereocenters. The number of halogens is 2. The molecule has 2 aromatic carbocycles. The van der Waals surface area contributed by atoms with Crippen molar-refractivity contribution in [2.75, 3.05) is 25.2 Å². The molecule has 2 N–H and O–H groups in total. The standard InChI is InChI=1S/C20H20F2N4O3/c1-29-17-7-2-13(12-16(17)22)18(27)25-10-8-20(9-11-25)23-19(28)26(24-20)15-5-3-14(21)4-6-15/h2-7,12,24H,8-11H2,1H3,(H,23,28). The fourth-order valence-electron chi connectivity index (χ4n) is 3.64. The molecule has 0 radical (unpaired) electrons. The summed E-state index contributed by atoms with van der Waals surface area (Å²) < 4.78 is 31.9. The van der Waals surface area contributed by atoms with Crippen molar-refractivity contribution in [2.45, 2.75) is 18.5 Å². The maximum atomic E-state index is 13.9. The van der Waals surface area contributed by atoms with Crippen LogP contribution in [0.1, 0.15) is 23.2 Å². The average molecular weight is 402 g/mol. The SMILES string of the molecule is COc1ccc(C(=O)N2CCC3(CC2)NC(=O)N(c2ccc(F)cc2)N3)cc1F. The van der Waals surface area contributed by atoms with Gasteiger partial charge in [-0.1, -0.05) is 0 Å². The summed E-state index contributed by atoms with van der Waals surface area (Å²) in [5, 5.41) is 4.27. The monoisotopic (exact) mass is 402 g/mol. The van der Waals surface area contributed by atoms with Gasteiger partial charge in [0.25, 0.3) is 5.91 Å². The Bertz CT molecular complexity index is 943. The zero-order valence-electron chi connectivity index (χ0n) is 15.7. The van der Waals surface area contributed by atoms with Gasteiger partial charge in [-0.2, -0.15) is 0 Å². The highest BCUT2D eigenvalue weighted by atomic mass is 19.1. The van der Waals surface area contributed by atoms with Crippen LogP contribution in [-0.2, 0) is 0 Å². The minimum absolute atomic E-state index is 0.0814. The Balaban J connectivity index is 1.42. The van der Waals surface area contributed by atoms with Crippen LogP contribution in [0, 0.1) is 11.6 Å². The topological polar surface area (TPSA) is 73.9 Å². The number of anilines is 1. The molecule has 0 saturated carbocycles. The summed E-state index contributed by atoms with van der Waals surface area (Å²) in [7, 11) is 1.36. The first kappa shape index (κ1) is 19.1. The summed E-state index contributed by atoms with van der Waals surface area (Å²) in [4.78, 5) is 26.7. The van der Waals surface area contributed by atoms with E-state index in [2.05, 4.69) is 10.7 Å². The molecule has 29 heavy (non-hydrogen) atoms. The molecule has 2 heterocycles. The lowest BCUT2D eigenvalue weighted by atomic mass is 9.97. The number of piperidine rings is 1. The molecule has 4 rings (SSSR count). The first-order valence-corrected chi connectivity index (χ1v) is 9.19. The quantitative estimate of drug-likeness (QED) is 0.828. The number of nitrogens with zero attached hydrogens (tertiary/aromatic N) is 2. The third kappa shape index (κ3) is 3.61.